The standard InChI is InChI=1S/C22H26FNO3/c1-27-21-11-3-2-7-18(21)15-24(14-16-6-4-9-19(23)12-16)22(26)17-8-5-10-20(25)13-17/h2-4,6-7,9,11-12,17,20,25H,5,8,10,13-15H2,1H3/t17-,20-/m0/s1. The lowest BCUT2D eigenvalue weighted by molar-refractivity contribution is -0.139. The lowest BCUT2D eigenvalue weighted by Crippen LogP contribution is -2.38. The van der Waals surface area contributed by atoms with Crippen LogP contribution in [0, 0.1) is 11.7 Å². The molecule has 0 aromatic heterocycles. The van der Waals surface area contributed by atoms with Crippen molar-refractivity contribution in [3.63, 3.8) is 0 Å². The molecule has 0 heterocycles. The molecule has 2 atom stereocenters. The Morgan fingerprint density at radius 3 is 2.74 bits per heavy atom. The average Bonchev–Trinajstić information content (AvgIpc) is 2.67. The highest BCUT2D eigenvalue weighted by Gasteiger charge is 2.30. The van der Waals surface area contributed by atoms with Gasteiger partial charge in [-0.3, -0.25) is 4.79 Å². The van der Waals surface area contributed by atoms with Gasteiger partial charge in [0, 0.05) is 24.6 Å². The van der Waals surface area contributed by atoms with Gasteiger partial charge in [-0.25, -0.2) is 4.39 Å². The summed E-state index contributed by atoms with van der Waals surface area (Å²) in [5, 5.41) is 9.97. The molecule has 0 unspecified atom stereocenters. The van der Waals surface area contributed by atoms with Gasteiger partial charge in [0.25, 0.3) is 0 Å². The van der Waals surface area contributed by atoms with Crippen molar-refractivity contribution in [3.05, 3.63) is 65.5 Å². The highest BCUT2D eigenvalue weighted by molar-refractivity contribution is 5.79. The summed E-state index contributed by atoms with van der Waals surface area (Å²) in [6.07, 6.45) is 2.45. The molecule has 1 aliphatic carbocycles. The third-order valence-corrected chi connectivity index (χ3v) is 5.12. The number of halogens is 1. The second-order valence-corrected chi connectivity index (χ2v) is 7.15. The number of amides is 1. The first-order chi connectivity index (χ1) is 13.1. The maximum atomic E-state index is 13.6. The first-order valence-electron chi connectivity index (χ1n) is 9.40. The van der Waals surface area contributed by atoms with E-state index >= 15 is 0 Å². The largest absolute Gasteiger partial charge is 0.496 e. The van der Waals surface area contributed by atoms with E-state index in [0.717, 1.165) is 36.1 Å². The van der Waals surface area contributed by atoms with Gasteiger partial charge < -0.3 is 14.7 Å². The van der Waals surface area contributed by atoms with Crippen molar-refractivity contribution < 1.29 is 19.0 Å². The minimum Gasteiger partial charge on any atom is -0.496 e. The van der Waals surface area contributed by atoms with Gasteiger partial charge in [-0.15, -0.1) is 0 Å². The van der Waals surface area contributed by atoms with Crippen LogP contribution in [-0.2, 0) is 17.9 Å². The van der Waals surface area contributed by atoms with E-state index in [4.69, 9.17) is 4.74 Å². The number of rotatable bonds is 6. The van der Waals surface area contributed by atoms with E-state index in [1.54, 1.807) is 18.1 Å². The van der Waals surface area contributed by atoms with Crippen molar-refractivity contribution in [1.29, 1.82) is 0 Å². The minimum atomic E-state index is -0.421. The quantitative estimate of drug-likeness (QED) is 0.837. The number of ether oxygens (including phenoxy) is 1. The predicted octanol–water partition coefficient (Wildman–Crippen LogP) is 3.91. The van der Waals surface area contributed by atoms with Crippen molar-refractivity contribution in [2.45, 2.75) is 44.9 Å². The summed E-state index contributed by atoms with van der Waals surface area (Å²) in [6, 6.07) is 13.9. The van der Waals surface area contributed by atoms with E-state index < -0.39 is 6.10 Å². The molecule has 1 aliphatic rings. The second-order valence-electron chi connectivity index (χ2n) is 7.15. The molecule has 3 rings (SSSR count). The zero-order chi connectivity index (χ0) is 19.2. The maximum absolute atomic E-state index is 13.6. The van der Waals surface area contributed by atoms with E-state index in [1.807, 2.05) is 30.3 Å². The molecule has 144 valence electrons. The Bertz CT molecular complexity index is 780. The van der Waals surface area contributed by atoms with Gasteiger partial charge in [0.2, 0.25) is 5.91 Å². The Morgan fingerprint density at radius 1 is 1.19 bits per heavy atom. The second kappa shape index (κ2) is 9.00. The number of hydrogen-bond donors (Lipinski definition) is 1. The first kappa shape index (κ1) is 19.4. The zero-order valence-corrected chi connectivity index (χ0v) is 15.6. The SMILES string of the molecule is COc1ccccc1CN(Cc1cccc(F)c1)C(=O)[C@H]1CCC[C@H](O)C1. The van der Waals surface area contributed by atoms with Crippen LogP contribution in [0.2, 0.25) is 0 Å². The van der Waals surface area contributed by atoms with E-state index in [1.165, 1.54) is 12.1 Å². The summed E-state index contributed by atoms with van der Waals surface area (Å²) in [4.78, 5) is 15.0. The molecular weight excluding hydrogens is 345 g/mol. The topological polar surface area (TPSA) is 49.8 Å². The van der Waals surface area contributed by atoms with E-state index in [9.17, 15) is 14.3 Å². The van der Waals surface area contributed by atoms with Crippen LogP contribution in [0.5, 0.6) is 5.75 Å². The van der Waals surface area contributed by atoms with Crippen LogP contribution in [0.15, 0.2) is 48.5 Å². The van der Waals surface area contributed by atoms with Gasteiger partial charge >= 0.3 is 0 Å². The Hall–Kier alpha value is -2.40. The van der Waals surface area contributed by atoms with E-state index in [2.05, 4.69) is 0 Å². The number of para-hydroxylation sites is 1. The van der Waals surface area contributed by atoms with Crippen molar-refractivity contribution in [1.82, 2.24) is 4.90 Å². The van der Waals surface area contributed by atoms with Crippen molar-refractivity contribution in [3.8, 4) is 5.75 Å². The molecule has 2 aromatic rings. The molecule has 4 nitrogen and oxygen atoms in total. The number of aliphatic hydroxyl groups excluding tert-OH is 1. The van der Waals surface area contributed by atoms with Crippen LogP contribution in [0.3, 0.4) is 0 Å². The normalized spacial score (nSPS) is 19.5. The number of hydrogen-bond acceptors (Lipinski definition) is 3. The summed E-state index contributed by atoms with van der Waals surface area (Å²) in [5.41, 5.74) is 1.65. The highest BCUT2D eigenvalue weighted by atomic mass is 19.1. The molecule has 2 aromatic carbocycles. The van der Waals surface area contributed by atoms with E-state index in [0.29, 0.717) is 19.5 Å². The number of benzene rings is 2. The van der Waals surface area contributed by atoms with Crippen LogP contribution < -0.4 is 4.74 Å². The summed E-state index contributed by atoms with van der Waals surface area (Å²) < 4.78 is 19.0. The van der Waals surface area contributed by atoms with Gasteiger partial charge in [-0.05, 0) is 43.0 Å². The summed E-state index contributed by atoms with van der Waals surface area (Å²) in [6.45, 7) is 0.702. The Kier molecular flexibility index (Phi) is 6.45. The van der Waals surface area contributed by atoms with Crippen LogP contribution >= 0.6 is 0 Å². The first-order valence-corrected chi connectivity index (χ1v) is 9.40. The Labute approximate surface area is 159 Å². The molecular formula is C22H26FNO3. The molecule has 1 amide bonds. The lowest BCUT2D eigenvalue weighted by Gasteiger charge is -2.31. The van der Waals surface area contributed by atoms with Crippen LogP contribution in [-0.4, -0.2) is 29.1 Å². The highest BCUT2D eigenvalue weighted by Crippen LogP contribution is 2.28. The number of carbonyl (C=O) groups is 1. The minimum absolute atomic E-state index is 0.00363. The molecule has 27 heavy (non-hydrogen) atoms. The monoisotopic (exact) mass is 371 g/mol. The van der Waals surface area contributed by atoms with Crippen LogP contribution in [0.4, 0.5) is 4.39 Å². The molecule has 1 N–H and O–H groups in total. The number of aliphatic hydroxyl groups is 1. The molecule has 0 saturated heterocycles. The van der Waals surface area contributed by atoms with Gasteiger partial charge in [0.15, 0.2) is 0 Å². The van der Waals surface area contributed by atoms with Crippen LogP contribution in [0.1, 0.15) is 36.8 Å². The maximum Gasteiger partial charge on any atom is 0.226 e. The number of methoxy groups -OCH3 is 1. The summed E-state index contributed by atoms with van der Waals surface area (Å²) in [5.74, 6) is 0.212. The molecule has 0 spiro atoms. The average molecular weight is 371 g/mol. The Balaban J connectivity index is 1.84. The molecule has 0 radical (unpaired) electrons. The molecule has 5 heteroatoms. The summed E-state index contributed by atoms with van der Waals surface area (Å²) in [7, 11) is 1.61. The zero-order valence-electron chi connectivity index (χ0n) is 15.6. The fourth-order valence-electron chi connectivity index (χ4n) is 3.75. The Morgan fingerprint density at radius 2 is 2.00 bits per heavy atom. The third kappa shape index (κ3) is 5.07. The van der Waals surface area contributed by atoms with E-state index in [-0.39, 0.29) is 17.6 Å². The fraction of sp³-hybridized carbons (Fsp3) is 0.409. The third-order valence-electron chi connectivity index (χ3n) is 5.12. The summed E-state index contributed by atoms with van der Waals surface area (Å²) >= 11 is 0. The molecule has 0 aliphatic heterocycles. The number of nitrogens with zero attached hydrogens (tertiary/aromatic N) is 1. The smallest absolute Gasteiger partial charge is 0.226 e. The van der Waals surface area contributed by atoms with Gasteiger partial charge in [-0.1, -0.05) is 36.8 Å². The van der Waals surface area contributed by atoms with Gasteiger partial charge in [-0.2, -0.15) is 0 Å². The molecule has 0 bridgehead atoms. The fourth-order valence-corrected chi connectivity index (χ4v) is 3.75. The predicted molar refractivity (Wildman–Crippen MR) is 102 cm³/mol. The van der Waals surface area contributed by atoms with Gasteiger partial charge in [0.1, 0.15) is 11.6 Å². The lowest BCUT2D eigenvalue weighted by atomic mass is 9.86. The molecule has 1 saturated carbocycles. The van der Waals surface area contributed by atoms with Crippen molar-refractivity contribution in [2.24, 2.45) is 5.92 Å². The van der Waals surface area contributed by atoms with Crippen molar-refractivity contribution in [2.75, 3.05) is 7.11 Å². The van der Waals surface area contributed by atoms with Crippen molar-refractivity contribution >= 4 is 5.91 Å². The molecule has 1 fully saturated rings. The number of carbonyl (C=O) groups excluding carboxylic acids is 1. The van der Waals surface area contributed by atoms with Crippen LogP contribution in [0.25, 0.3) is 0 Å². The van der Waals surface area contributed by atoms with Gasteiger partial charge in [0.05, 0.1) is 13.2 Å².